The number of fused-ring (bicyclic) bond motifs is 1. The molecule has 3 amide bonds. The van der Waals surface area contributed by atoms with Crippen LogP contribution in [0.3, 0.4) is 0 Å². The highest BCUT2D eigenvalue weighted by Gasteiger charge is 2.72. The third kappa shape index (κ3) is 5.16. The lowest BCUT2D eigenvalue weighted by atomic mass is 9.74. The normalized spacial score (nSPS) is 33.2. The molecule has 222 valence electrons. The van der Waals surface area contributed by atoms with Crippen LogP contribution in [0.4, 0.5) is 5.69 Å². The van der Waals surface area contributed by atoms with Gasteiger partial charge in [0.05, 0.1) is 25.0 Å². The third-order valence-corrected chi connectivity index (χ3v) is 10.1. The maximum atomic E-state index is 14.3. The molecular formula is C32H44N4O5. The summed E-state index contributed by atoms with van der Waals surface area (Å²) in [6, 6.07) is 6.96. The number of amides is 3. The lowest BCUT2D eigenvalue weighted by molar-refractivity contribution is -0.141. The van der Waals surface area contributed by atoms with Gasteiger partial charge in [-0.15, -0.1) is 0 Å². The number of likely N-dealkylation sites (tertiary alicyclic amines) is 2. The number of benzene rings is 1. The molecule has 9 nitrogen and oxygen atoms in total. The molecule has 6 atom stereocenters. The van der Waals surface area contributed by atoms with Crippen molar-refractivity contribution in [3.05, 3.63) is 36.4 Å². The average Bonchev–Trinajstić information content (AvgIpc) is 3.64. The van der Waals surface area contributed by atoms with Crippen LogP contribution in [0.1, 0.15) is 64.7 Å². The van der Waals surface area contributed by atoms with Crippen LogP contribution in [-0.2, 0) is 19.1 Å². The second-order valence-corrected chi connectivity index (χ2v) is 12.4. The summed E-state index contributed by atoms with van der Waals surface area (Å²) in [5, 5.41) is 6.27. The number of carbonyl (C=O) groups excluding carboxylic acids is 3. The Morgan fingerprint density at radius 3 is 2.51 bits per heavy atom. The molecule has 0 unspecified atom stereocenters. The smallest absolute Gasteiger partial charge is 0.246 e. The van der Waals surface area contributed by atoms with E-state index in [2.05, 4.69) is 22.5 Å². The number of carbonyl (C=O) groups is 3. The van der Waals surface area contributed by atoms with Gasteiger partial charge in [0.2, 0.25) is 17.7 Å². The van der Waals surface area contributed by atoms with Crippen LogP contribution in [0.25, 0.3) is 0 Å². The minimum Gasteiger partial charge on any atom is -0.497 e. The molecule has 41 heavy (non-hydrogen) atoms. The van der Waals surface area contributed by atoms with Gasteiger partial charge in [0, 0.05) is 30.9 Å². The first kappa shape index (κ1) is 28.2. The van der Waals surface area contributed by atoms with Gasteiger partial charge in [0.15, 0.2) is 0 Å². The molecule has 0 radical (unpaired) electrons. The molecule has 4 heterocycles. The number of methoxy groups -OCH3 is 1. The second kappa shape index (κ2) is 11.8. The van der Waals surface area contributed by atoms with Crippen LogP contribution in [0.2, 0.25) is 0 Å². The summed E-state index contributed by atoms with van der Waals surface area (Å²) < 4.78 is 11.8. The number of ether oxygens (including phenoxy) is 2. The Bertz CT molecular complexity index is 1170. The van der Waals surface area contributed by atoms with Gasteiger partial charge in [-0.1, -0.05) is 44.8 Å². The molecule has 1 aliphatic carbocycles. The van der Waals surface area contributed by atoms with Crippen LogP contribution in [0.5, 0.6) is 5.75 Å². The molecule has 1 spiro atoms. The molecule has 0 aromatic heterocycles. The van der Waals surface area contributed by atoms with Gasteiger partial charge < -0.3 is 25.0 Å². The molecule has 1 aromatic carbocycles. The van der Waals surface area contributed by atoms with E-state index in [-0.39, 0.29) is 23.8 Å². The van der Waals surface area contributed by atoms with Gasteiger partial charge in [0.25, 0.3) is 0 Å². The van der Waals surface area contributed by atoms with E-state index in [9.17, 15) is 14.4 Å². The molecule has 4 aliphatic heterocycles. The first-order valence-electron chi connectivity index (χ1n) is 15.6. The Kier molecular flexibility index (Phi) is 8.10. The Balaban J connectivity index is 1.26. The third-order valence-electron chi connectivity index (χ3n) is 10.1. The van der Waals surface area contributed by atoms with Crippen LogP contribution >= 0.6 is 0 Å². The van der Waals surface area contributed by atoms with Crippen molar-refractivity contribution < 1.29 is 23.9 Å². The van der Waals surface area contributed by atoms with Crippen molar-refractivity contribution in [2.75, 3.05) is 32.1 Å². The first-order valence-corrected chi connectivity index (χ1v) is 15.6. The topological polar surface area (TPSA) is 100 Å². The van der Waals surface area contributed by atoms with Crippen molar-refractivity contribution in [1.82, 2.24) is 15.1 Å². The van der Waals surface area contributed by atoms with Crippen molar-refractivity contribution in [3.63, 3.8) is 0 Å². The maximum Gasteiger partial charge on any atom is 0.246 e. The van der Waals surface area contributed by atoms with E-state index in [1.165, 1.54) is 19.3 Å². The van der Waals surface area contributed by atoms with Crippen molar-refractivity contribution >= 4 is 23.4 Å². The monoisotopic (exact) mass is 564 g/mol. The van der Waals surface area contributed by atoms with Gasteiger partial charge in [-0.05, 0) is 62.9 Å². The highest BCUT2D eigenvalue weighted by atomic mass is 16.5. The van der Waals surface area contributed by atoms with Gasteiger partial charge in [0.1, 0.15) is 17.4 Å². The quantitative estimate of drug-likeness (QED) is 0.446. The van der Waals surface area contributed by atoms with E-state index in [0.717, 1.165) is 51.6 Å². The summed E-state index contributed by atoms with van der Waals surface area (Å²) in [5.74, 6) is -1.31. The summed E-state index contributed by atoms with van der Waals surface area (Å²) in [7, 11) is 1.60. The number of hydrogen-bond acceptors (Lipinski definition) is 6. The van der Waals surface area contributed by atoms with Crippen molar-refractivity contribution in [1.29, 1.82) is 0 Å². The van der Waals surface area contributed by atoms with Crippen LogP contribution in [0, 0.1) is 11.8 Å². The zero-order valence-electron chi connectivity index (χ0n) is 24.3. The number of nitrogens with one attached hydrogen (secondary N) is 2. The SMILES string of the molecule is CC[C@@H]1CCCCN1CCN1C(=O)[C@@H]2[C@H](C(=O)Nc3ccc(OC)cc3)[C@@H]3C=C[C@@]2(O3)[C@H]1C(=O)NC1CCCCC1. The molecule has 4 fully saturated rings. The lowest BCUT2D eigenvalue weighted by Gasteiger charge is -2.38. The average molecular weight is 565 g/mol. The Hall–Kier alpha value is -2.91. The van der Waals surface area contributed by atoms with Gasteiger partial charge in [-0.25, -0.2) is 0 Å². The van der Waals surface area contributed by atoms with E-state index in [1.54, 1.807) is 36.3 Å². The molecule has 2 N–H and O–H groups in total. The van der Waals surface area contributed by atoms with E-state index in [0.29, 0.717) is 24.0 Å². The Morgan fingerprint density at radius 1 is 1.02 bits per heavy atom. The number of piperidine rings is 1. The largest absolute Gasteiger partial charge is 0.497 e. The number of rotatable bonds is 9. The minimum atomic E-state index is -1.13. The van der Waals surface area contributed by atoms with Crippen LogP contribution in [-0.4, -0.2) is 84.1 Å². The van der Waals surface area contributed by atoms with Crippen molar-refractivity contribution in [3.8, 4) is 5.75 Å². The number of nitrogens with zero attached hydrogens (tertiary/aromatic N) is 2. The van der Waals surface area contributed by atoms with E-state index < -0.39 is 29.6 Å². The predicted molar refractivity (Wildman–Crippen MR) is 155 cm³/mol. The predicted octanol–water partition coefficient (Wildman–Crippen LogP) is 3.50. The van der Waals surface area contributed by atoms with Gasteiger partial charge in [-0.3, -0.25) is 19.3 Å². The van der Waals surface area contributed by atoms with E-state index in [4.69, 9.17) is 9.47 Å². The van der Waals surface area contributed by atoms with Crippen LogP contribution in [0.15, 0.2) is 36.4 Å². The summed E-state index contributed by atoms with van der Waals surface area (Å²) >= 11 is 0. The fourth-order valence-electron chi connectivity index (χ4n) is 7.99. The molecular weight excluding hydrogens is 520 g/mol. The lowest BCUT2D eigenvalue weighted by Crippen LogP contribution is -2.57. The Morgan fingerprint density at radius 2 is 1.78 bits per heavy atom. The summed E-state index contributed by atoms with van der Waals surface area (Å²) in [6.07, 6.45) is 13.2. The molecule has 6 rings (SSSR count). The second-order valence-electron chi connectivity index (χ2n) is 12.4. The highest BCUT2D eigenvalue weighted by molar-refractivity contribution is 6.02. The Labute approximate surface area is 243 Å². The molecule has 3 saturated heterocycles. The standard InChI is InChI=1S/C32H44N4O5/c1-3-23-11-7-8-18-35(23)19-20-36-28(30(38)34-21-9-5-4-6-10-21)32-17-16-25(41-32)26(27(32)31(36)39)29(37)33-22-12-14-24(40-2)15-13-22/h12-17,21,23,25-28H,3-11,18-20H2,1-2H3,(H,33,37)(H,34,38)/t23-,25+,26-,27+,28-,32+/m1/s1. The molecule has 1 aromatic rings. The molecule has 2 bridgehead atoms. The number of hydrogen-bond donors (Lipinski definition) is 2. The van der Waals surface area contributed by atoms with Crippen molar-refractivity contribution in [2.24, 2.45) is 11.8 Å². The summed E-state index contributed by atoms with van der Waals surface area (Å²) in [4.78, 5) is 46.2. The van der Waals surface area contributed by atoms with Gasteiger partial charge in [-0.2, -0.15) is 0 Å². The van der Waals surface area contributed by atoms with E-state index >= 15 is 0 Å². The fourth-order valence-corrected chi connectivity index (χ4v) is 7.99. The summed E-state index contributed by atoms with van der Waals surface area (Å²) in [5.41, 5.74) is -0.504. The summed E-state index contributed by atoms with van der Waals surface area (Å²) in [6.45, 7) is 4.40. The van der Waals surface area contributed by atoms with Gasteiger partial charge >= 0.3 is 0 Å². The number of anilines is 1. The highest BCUT2D eigenvalue weighted by Crippen LogP contribution is 2.55. The van der Waals surface area contributed by atoms with Crippen LogP contribution < -0.4 is 15.4 Å². The van der Waals surface area contributed by atoms with Crippen molar-refractivity contribution in [2.45, 2.75) is 94.5 Å². The molecule has 5 aliphatic rings. The fraction of sp³-hybridized carbons (Fsp3) is 0.656. The zero-order valence-corrected chi connectivity index (χ0v) is 24.3. The first-order chi connectivity index (χ1) is 19.9. The molecule has 1 saturated carbocycles. The molecule has 9 heteroatoms. The minimum absolute atomic E-state index is 0.118. The maximum absolute atomic E-state index is 14.3. The van der Waals surface area contributed by atoms with E-state index in [1.807, 2.05) is 12.2 Å². The zero-order chi connectivity index (χ0) is 28.6.